The van der Waals surface area contributed by atoms with Crippen LogP contribution in [0, 0.1) is 11.3 Å². The molecule has 0 atom stereocenters. The van der Waals surface area contributed by atoms with Crippen molar-refractivity contribution in [1.29, 1.82) is 5.26 Å². The minimum absolute atomic E-state index is 0.123. The number of H-pyrrole nitrogens is 1. The number of aromatic amines is 1. The summed E-state index contributed by atoms with van der Waals surface area (Å²) in [6.07, 6.45) is 1.67. The molecule has 0 radical (unpaired) electrons. The van der Waals surface area contributed by atoms with Gasteiger partial charge < -0.3 is 4.98 Å². The number of nitrogens with one attached hydrogen (secondary N) is 1. The van der Waals surface area contributed by atoms with E-state index in [1.54, 1.807) is 17.8 Å². The second-order valence-electron chi connectivity index (χ2n) is 2.59. The Hall–Kier alpha value is -1.93. The van der Waals surface area contributed by atoms with E-state index in [2.05, 4.69) is 9.97 Å². The summed E-state index contributed by atoms with van der Waals surface area (Å²) in [5.74, 6) is 0. The van der Waals surface area contributed by atoms with E-state index in [0.717, 1.165) is 4.88 Å². The molecule has 2 rings (SSSR count). The molecule has 2 heterocycles. The average Bonchev–Trinajstić information content (AvgIpc) is 2.70. The second kappa shape index (κ2) is 3.44. The van der Waals surface area contributed by atoms with E-state index in [1.165, 1.54) is 17.4 Å². The fourth-order valence-corrected chi connectivity index (χ4v) is 1.66. The largest absolute Gasteiger partial charge is 0.320 e. The summed E-state index contributed by atoms with van der Waals surface area (Å²) < 4.78 is 0. The Kier molecular flexibility index (Phi) is 2.13. The third-order valence-electron chi connectivity index (χ3n) is 1.73. The van der Waals surface area contributed by atoms with Crippen LogP contribution in [-0.4, -0.2) is 9.97 Å². The molecule has 14 heavy (non-hydrogen) atoms. The van der Waals surface area contributed by atoms with E-state index in [1.807, 2.05) is 6.07 Å². The molecule has 4 nitrogen and oxygen atoms in total. The summed E-state index contributed by atoms with van der Waals surface area (Å²) in [5.41, 5.74) is 2.14. The molecule has 0 aliphatic heterocycles. The first-order valence-electron chi connectivity index (χ1n) is 3.83. The molecule has 0 spiro atoms. The Labute approximate surface area is 83.5 Å². The summed E-state index contributed by atoms with van der Waals surface area (Å²) in [4.78, 5) is 18.7. The molecule has 0 aliphatic rings. The average molecular weight is 203 g/mol. The number of pyridine rings is 1. The summed E-state index contributed by atoms with van der Waals surface area (Å²) in [6.45, 7) is 0. The van der Waals surface area contributed by atoms with E-state index >= 15 is 0 Å². The topological polar surface area (TPSA) is 69.5 Å². The first-order chi connectivity index (χ1) is 6.81. The van der Waals surface area contributed by atoms with Crippen LogP contribution in [0.1, 0.15) is 5.56 Å². The maximum Gasteiger partial charge on any atom is 0.266 e. The monoisotopic (exact) mass is 203 g/mol. The molecule has 0 saturated heterocycles. The third-order valence-corrected chi connectivity index (χ3v) is 2.53. The third kappa shape index (κ3) is 1.43. The van der Waals surface area contributed by atoms with Gasteiger partial charge in [0.05, 0.1) is 16.1 Å². The molecule has 0 amide bonds. The number of rotatable bonds is 1. The van der Waals surface area contributed by atoms with Gasteiger partial charge in [-0.15, -0.1) is 11.3 Å². The summed E-state index contributed by atoms with van der Waals surface area (Å²) in [5, 5.41) is 8.56. The zero-order valence-electron chi connectivity index (χ0n) is 7.02. The van der Waals surface area contributed by atoms with Crippen molar-refractivity contribution < 1.29 is 0 Å². The van der Waals surface area contributed by atoms with E-state index in [9.17, 15) is 4.79 Å². The highest BCUT2D eigenvalue weighted by Gasteiger charge is 2.02. The molecule has 0 fully saturated rings. The second-order valence-corrected chi connectivity index (χ2v) is 3.48. The Bertz CT molecular complexity index is 536. The number of aromatic nitrogens is 2. The maximum absolute atomic E-state index is 11.3. The van der Waals surface area contributed by atoms with Crippen molar-refractivity contribution in [3.63, 3.8) is 0 Å². The van der Waals surface area contributed by atoms with Crippen LogP contribution in [-0.2, 0) is 0 Å². The van der Waals surface area contributed by atoms with Crippen molar-refractivity contribution in [2.75, 3.05) is 0 Å². The van der Waals surface area contributed by atoms with Crippen molar-refractivity contribution in [2.24, 2.45) is 0 Å². The van der Waals surface area contributed by atoms with Crippen molar-refractivity contribution in [2.45, 2.75) is 0 Å². The van der Waals surface area contributed by atoms with Crippen LogP contribution in [0.4, 0.5) is 0 Å². The van der Waals surface area contributed by atoms with Crippen LogP contribution >= 0.6 is 11.3 Å². The van der Waals surface area contributed by atoms with Gasteiger partial charge in [0.1, 0.15) is 11.6 Å². The van der Waals surface area contributed by atoms with Gasteiger partial charge in [-0.3, -0.25) is 9.78 Å². The maximum atomic E-state index is 11.3. The number of nitrogens with zero attached hydrogens (tertiary/aromatic N) is 2. The molecule has 0 saturated carbocycles. The predicted octanol–water partition coefficient (Wildman–Crippen LogP) is 1.37. The van der Waals surface area contributed by atoms with Crippen LogP contribution in [0.2, 0.25) is 0 Å². The number of hydrogen-bond acceptors (Lipinski definition) is 4. The Balaban J connectivity index is 2.55. The quantitative estimate of drug-likeness (QED) is 0.761. The van der Waals surface area contributed by atoms with Gasteiger partial charge in [0.2, 0.25) is 0 Å². The minimum Gasteiger partial charge on any atom is -0.320 e. The summed E-state index contributed by atoms with van der Waals surface area (Å²) in [7, 11) is 0. The normalized spacial score (nSPS) is 9.64. The summed E-state index contributed by atoms with van der Waals surface area (Å²) in [6, 6.07) is 5.02. The van der Waals surface area contributed by atoms with Crippen LogP contribution in [0.5, 0.6) is 0 Å². The van der Waals surface area contributed by atoms with Gasteiger partial charge in [0.25, 0.3) is 5.56 Å². The van der Waals surface area contributed by atoms with E-state index in [-0.39, 0.29) is 11.1 Å². The SMILES string of the molecule is N#Cc1ccc(-c2cncs2)[nH]c1=O. The van der Waals surface area contributed by atoms with Gasteiger partial charge in [-0.2, -0.15) is 5.26 Å². The van der Waals surface area contributed by atoms with Gasteiger partial charge in [-0.25, -0.2) is 0 Å². The fourth-order valence-electron chi connectivity index (χ4n) is 1.05. The molecule has 0 aliphatic carbocycles. The smallest absolute Gasteiger partial charge is 0.266 e. The molecule has 0 aromatic carbocycles. The molecule has 5 heteroatoms. The lowest BCUT2D eigenvalue weighted by Crippen LogP contribution is -2.09. The molecule has 2 aromatic rings. The number of thiazole rings is 1. The molecular formula is C9H5N3OS. The van der Waals surface area contributed by atoms with Crippen molar-refractivity contribution in [1.82, 2.24) is 9.97 Å². The van der Waals surface area contributed by atoms with Crippen LogP contribution in [0.3, 0.4) is 0 Å². The molecule has 2 aromatic heterocycles. The molecule has 1 N–H and O–H groups in total. The predicted molar refractivity (Wildman–Crippen MR) is 52.9 cm³/mol. The van der Waals surface area contributed by atoms with Crippen molar-refractivity contribution >= 4 is 11.3 Å². The van der Waals surface area contributed by atoms with Crippen LogP contribution in [0.25, 0.3) is 10.6 Å². The standard InChI is InChI=1S/C9H5N3OS/c10-3-6-1-2-7(12-9(6)13)8-4-11-5-14-8/h1-2,4-5H,(H,12,13). The Morgan fingerprint density at radius 1 is 1.50 bits per heavy atom. The van der Waals surface area contributed by atoms with Crippen LogP contribution < -0.4 is 5.56 Å². The van der Waals surface area contributed by atoms with Gasteiger partial charge in [-0.05, 0) is 12.1 Å². The minimum atomic E-state index is -0.363. The van der Waals surface area contributed by atoms with E-state index < -0.39 is 0 Å². The Morgan fingerprint density at radius 2 is 2.36 bits per heavy atom. The van der Waals surface area contributed by atoms with Crippen molar-refractivity contribution in [3.05, 3.63) is 39.8 Å². The Morgan fingerprint density at radius 3 is 2.93 bits per heavy atom. The number of hydrogen-bond donors (Lipinski definition) is 1. The molecular weight excluding hydrogens is 198 g/mol. The first kappa shape index (κ1) is 8.66. The van der Waals surface area contributed by atoms with Gasteiger partial charge in [-0.1, -0.05) is 0 Å². The number of nitriles is 1. The lowest BCUT2D eigenvalue weighted by atomic mass is 10.2. The molecule has 68 valence electrons. The fraction of sp³-hybridized carbons (Fsp3) is 0. The van der Waals surface area contributed by atoms with Gasteiger partial charge >= 0.3 is 0 Å². The highest BCUT2D eigenvalue weighted by molar-refractivity contribution is 7.13. The zero-order chi connectivity index (χ0) is 9.97. The van der Waals surface area contributed by atoms with E-state index in [0.29, 0.717) is 5.69 Å². The lowest BCUT2D eigenvalue weighted by molar-refractivity contribution is 1.22. The molecule has 0 unspecified atom stereocenters. The van der Waals surface area contributed by atoms with Gasteiger partial charge in [0, 0.05) is 6.20 Å². The lowest BCUT2D eigenvalue weighted by Gasteiger charge is -1.95. The highest BCUT2D eigenvalue weighted by Crippen LogP contribution is 2.19. The first-order valence-corrected chi connectivity index (χ1v) is 4.71. The van der Waals surface area contributed by atoms with Gasteiger partial charge in [0.15, 0.2) is 0 Å². The molecule has 0 bridgehead atoms. The summed E-state index contributed by atoms with van der Waals surface area (Å²) >= 11 is 1.43. The van der Waals surface area contributed by atoms with Crippen LogP contribution in [0.15, 0.2) is 28.6 Å². The highest BCUT2D eigenvalue weighted by atomic mass is 32.1. The zero-order valence-corrected chi connectivity index (χ0v) is 7.84. The van der Waals surface area contributed by atoms with Crippen molar-refractivity contribution in [3.8, 4) is 16.6 Å². The van der Waals surface area contributed by atoms with E-state index in [4.69, 9.17) is 5.26 Å².